The monoisotopic (exact) mass is 487 g/mol. The average molecular weight is 488 g/mol. The first-order valence-corrected chi connectivity index (χ1v) is 12.2. The van der Waals surface area contributed by atoms with Crippen LogP contribution in [-0.4, -0.2) is 20.5 Å². The minimum Gasteiger partial charge on any atom is -0.267 e. The Bertz CT molecular complexity index is 1440. The van der Waals surface area contributed by atoms with E-state index in [0.717, 1.165) is 5.56 Å². The molecule has 0 unspecified atom stereocenters. The summed E-state index contributed by atoms with van der Waals surface area (Å²) in [5, 5.41) is 3.85. The molecule has 0 atom stereocenters. The molecule has 35 heavy (non-hydrogen) atoms. The van der Waals surface area contributed by atoms with E-state index in [9.17, 15) is 17.6 Å². The molecule has 4 aromatic rings. The summed E-state index contributed by atoms with van der Waals surface area (Å²) >= 11 is 0. The van der Waals surface area contributed by atoms with Gasteiger partial charge in [-0.1, -0.05) is 78.9 Å². The van der Waals surface area contributed by atoms with Gasteiger partial charge < -0.3 is 0 Å². The van der Waals surface area contributed by atoms with Crippen molar-refractivity contribution < 1.29 is 17.6 Å². The smallest absolute Gasteiger partial charge is 0.267 e. The summed E-state index contributed by atoms with van der Waals surface area (Å²) in [6.45, 7) is 0.0147. The Morgan fingerprint density at radius 3 is 2.14 bits per heavy atom. The van der Waals surface area contributed by atoms with Crippen LogP contribution in [0.4, 0.5) is 10.1 Å². The van der Waals surface area contributed by atoms with Crippen LogP contribution in [-0.2, 0) is 16.6 Å². The fraction of sp³-hybridized carbons (Fsp3) is 0.0370. The van der Waals surface area contributed by atoms with Crippen LogP contribution in [0.5, 0.6) is 0 Å². The lowest BCUT2D eigenvalue weighted by atomic mass is 10.1. The summed E-state index contributed by atoms with van der Waals surface area (Å²) in [5.74, 6) is -1.11. The van der Waals surface area contributed by atoms with Gasteiger partial charge in [0.1, 0.15) is 5.82 Å². The van der Waals surface area contributed by atoms with Gasteiger partial charge in [0, 0.05) is 5.56 Å². The molecule has 0 heterocycles. The Balaban J connectivity index is 1.70. The Morgan fingerprint density at radius 2 is 1.43 bits per heavy atom. The van der Waals surface area contributed by atoms with Gasteiger partial charge in [-0.2, -0.15) is 5.10 Å². The molecule has 0 aliphatic rings. The van der Waals surface area contributed by atoms with Gasteiger partial charge in [-0.15, -0.1) is 0 Å². The van der Waals surface area contributed by atoms with Crippen molar-refractivity contribution in [3.8, 4) is 0 Å². The SMILES string of the molecule is O=C(N/N=C\c1ccccc1F)c1ccccc1N(Cc1ccccc1)S(=O)(=O)c1ccccc1. The van der Waals surface area contributed by atoms with Crippen LogP contribution in [0.2, 0.25) is 0 Å². The van der Waals surface area contributed by atoms with Crippen LogP contribution < -0.4 is 9.73 Å². The second-order valence-electron chi connectivity index (χ2n) is 7.55. The molecule has 0 bridgehead atoms. The number of hydrogen-bond acceptors (Lipinski definition) is 4. The molecule has 176 valence electrons. The predicted octanol–water partition coefficient (Wildman–Crippen LogP) is 4.99. The summed E-state index contributed by atoms with van der Waals surface area (Å²) in [6.07, 6.45) is 1.19. The number of carbonyl (C=O) groups excluding carboxylic acids is 1. The van der Waals surface area contributed by atoms with Gasteiger partial charge >= 0.3 is 0 Å². The highest BCUT2D eigenvalue weighted by atomic mass is 32.2. The zero-order chi connectivity index (χ0) is 24.7. The van der Waals surface area contributed by atoms with E-state index < -0.39 is 21.7 Å². The molecule has 0 spiro atoms. The third-order valence-electron chi connectivity index (χ3n) is 5.19. The number of hydrazone groups is 1. The molecular formula is C27H22FN3O3S. The molecule has 1 amide bonds. The van der Waals surface area contributed by atoms with E-state index in [1.165, 1.54) is 40.9 Å². The first-order valence-electron chi connectivity index (χ1n) is 10.8. The lowest BCUT2D eigenvalue weighted by Gasteiger charge is -2.26. The normalized spacial score (nSPS) is 11.3. The molecule has 0 fully saturated rings. The van der Waals surface area contributed by atoms with E-state index in [4.69, 9.17) is 0 Å². The van der Waals surface area contributed by atoms with E-state index in [0.29, 0.717) is 0 Å². The number of rotatable bonds is 8. The van der Waals surface area contributed by atoms with E-state index in [-0.39, 0.29) is 28.3 Å². The summed E-state index contributed by atoms with van der Waals surface area (Å²) < 4.78 is 42.4. The molecule has 0 radical (unpaired) electrons. The standard InChI is InChI=1S/C27H22FN3O3S/c28-25-17-9-7-13-22(25)19-29-30-27(32)24-16-8-10-18-26(24)31(20-21-11-3-1-4-12-21)35(33,34)23-14-5-2-6-15-23/h1-19H,20H2,(H,30,32)/b29-19-. The lowest BCUT2D eigenvalue weighted by molar-refractivity contribution is 0.0955. The van der Waals surface area contributed by atoms with Gasteiger partial charge in [-0.25, -0.2) is 18.2 Å². The fourth-order valence-corrected chi connectivity index (χ4v) is 4.94. The van der Waals surface area contributed by atoms with Crippen molar-refractivity contribution >= 4 is 27.8 Å². The van der Waals surface area contributed by atoms with Crippen molar-refractivity contribution in [2.24, 2.45) is 5.10 Å². The zero-order valence-corrected chi connectivity index (χ0v) is 19.4. The Kier molecular flexibility index (Phi) is 7.32. The van der Waals surface area contributed by atoms with E-state index in [2.05, 4.69) is 10.5 Å². The third-order valence-corrected chi connectivity index (χ3v) is 6.97. The van der Waals surface area contributed by atoms with E-state index in [1.807, 2.05) is 30.3 Å². The minimum atomic E-state index is -4.01. The second-order valence-corrected chi connectivity index (χ2v) is 9.41. The molecule has 6 nitrogen and oxygen atoms in total. The van der Waals surface area contributed by atoms with Crippen molar-refractivity contribution in [1.29, 1.82) is 0 Å². The highest BCUT2D eigenvalue weighted by Gasteiger charge is 2.28. The topological polar surface area (TPSA) is 78.8 Å². The fourth-order valence-electron chi connectivity index (χ4n) is 3.45. The van der Waals surface area contributed by atoms with Crippen molar-refractivity contribution in [3.05, 3.63) is 132 Å². The van der Waals surface area contributed by atoms with E-state index >= 15 is 0 Å². The van der Waals surface area contributed by atoms with Gasteiger partial charge in [0.25, 0.3) is 15.9 Å². The first kappa shape index (κ1) is 23.8. The molecule has 4 rings (SSSR count). The van der Waals surface area contributed by atoms with Crippen molar-refractivity contribution in [2.45, 2.75) is 11.4 Å². The maximum absolute atomic E-state index is 13.8. The van der Waals surface area contributed by atoms with Gasteiger partial charge in [0.2, 0.25) is 0 Å². The Morgan fingerprint density at radius 1 is 0.829 bits per heavy atom. The predicted molar refractivity (Wildman–Crippen MR) is 134 cm³/mol. The molecule has 0 aliphatic carbocycles. The number of nitrogens with one attached hydrogen (secondary N) is 1. The van der Waals surface area contributed by atoms with Gasteiger partial charge in [-0.3, -0.25) is 9.10 Å². The molecular weight excluding hydrogens is 465 g/mol. The highest BCUT2D eigenvalue weighted by Crippen LogP contribution is 2.29. The number of nitrogens with zero attached hydrogens (tertiary/aromatic N) is 2. The minimum absolute atomic E-state index is 0.0147. The van der Waals surface area contributed by atoms with Crippen LogP contribution in [0.25, 0.3) is 0 Å². The summed E-state index contributed by atoms with van der Waals surface area (Å²) in [6, 6.07) is 29.5. The molecule has 1 N–H and O–H groups in total. The van der Waals surface area contributed by atoms with Gasteiger partial charge in [0.15, 0.2) is 0 Å². The first-order chi connectivity index (χ1) is 17.0. The maximum atomic E-state index is 13.8. The summed E-state index contributed by atoms with van der Waals surface area (Å²) in [7, 11) is -4.01. The molecule has 0 aromatic heterocycles. The lowest BCUT2D eigenvalue weighted by Crippen LogP contribution is -2.33. The molecule has 0 saturated heterocycles. The number of halogens is 1. The number of sulfonamides is 1. The number of para-hydroxylation sites is 1. The number of benzene rings is 4. The molecule has 8 heteroatoms. The maximum Gasteiger partial charge on any atom is 0.273 e. The Hall–Kier alpha value is -4.30. The number of amides is 1. The zero-order valence-electron chi connectivity index (χ0n) is 18.6. The van der Waals surface area contributed by atoms with Crippen molar-refractivity contribution in [2.75, 3.05) is 4.31 Å². The summed E-state index contributed by atoms with van der Waals surface area (Å²) in [5.41, 5.74) is 3.62. The van der Waals surface area contributed by atoms with Crippen LogP contribution in [0.15, 0.2) is 119 Å². The Labute approximate surface area is 203 Å². The number of anilines is 1. The third kappa shape index (κ3) is 5.62. The van der Waals surface area contributed by atoms with Crippen molar-refractivity contribution in [3.63, 3.8) is 0 Å². The number of carbonyl (C=O) groups is 1. The van der Waals surface area contributed by atoms with Gasteiger partial charge in [0.05, 0.1) is 28.9 Å². The molecule has 0 saturated carbocycles. The van der Waals surface area contributed by atoms with Crippen LogP contribution in [0.3, 0.4) is 0 Å². The summed E-state index contributed by atoms with van der Waals surface area (Å²) in [4.78, 5) is 13.1. The average Bonchev–Trinajstić information content (AvgIpc) is 2.89. The van der Waals surface area contributed by atoms with Gasteiger partial charge in [-0.05, 0) is 35.9 Å². The number of hydrogen-bond donors (Lipinski definition) is 1. The van der Waals surface area contributed by atoms with Crippen LogP contribution >= 0.6 is 0 Å². The van der Waals surface area contributed by atoms with Crippen LogP contribution in [0, 0.1) is 5.82 Å². The molecule has 0 aliphatic heterocycles. The highest BCUT2D eigenvalue weighted by molar-refractivity contribution is 7.92. The second kappa shape index (κ2) is 10.8. The quantitative estimate of drug-likeness (QED) is 0.281. The van der Waals surface area contributed by atoms with Crippen LogP contribution in [0.1, 0.15) is 21.5 Å². The molecule has 4 aromatic carbocycles. The van der Waals surface area contributed by atoms with Crippen molar-refractivity contribution in [1.82, 2.24) is 5.43 Å². The largest absolute Gasteiger partial charge is 0.273 e. The van der Waals surface area contributed by atoms with E-state index in [1.54, 1.807) is 48.5 Å².